The summed E-state index contributed by atoms with van der Waals surface area (Å²) in [6, 6.07) is 9.99. The Morgan fingerprint density at radius 1 is 0.969 bits per heavy atom. The highest BCUT2D eigenvalue weighted by Gasteiger charge is 2.31. The molecule has 2 N–H and O–H groups in total. The van der Waals surface area contributed by atoms with Crippen molar-refractivity contribution in [3.8, 4) is 17.0 Å². The predicted octanol–water partition coefficient (Wildman–Crippen LogP) is 5.04. The van der Waals surface area contributed by atoms with Crippen LogP contribution in [0.1, 0.15) is 0 Å². The molecule has 2 aromatic carbocycles. The number of aromatic nitrogens is 2. The normalized spacial score (nSPS) is 11.5. The summed E-state index contributed by atoms with van der Waals surface area (Å²) in [5.74, 6) is -1.90. The molecule has 0 atom stereocenters. The molecule has 0 amide bonds. The van der Waals surface area contributed by atoms with Crippen molar-refractivity contribution >= 4 is 17.5 Å². The average molecular weight is 453 g/mol. The summed E-state index contributed by atoms with van der Waals surface area (Å²) >= 11 is 0. The van der Waals surface area contributed by atoms with Crippen LogP contribution >= 0.6 is 0 Å². The zero-order chi connectivity index (χ0) is 23.3. The van der Waals surface area contributed by atoms with Gasteiger partial charge in [0.1, 0.15) is 28.9 Å². The third-order valence-electron chi connectivity index (χ3n) is 4.15. The molecule has 0 spiro atoms. The highest BCUT2D eigenvalue weighted by Crippen LogP contribution is 2.30. The minimum Gasteiger partial charge on any atom is -0.406 e. The zero-order valence-corrected chi connectivity index (χ0v) is 17.2. The van der Waals surface area contributed by atoms with Crippen LogP contribution in [0, 0.1) is 11.6 Å². The molecule has 11 heteroatoms. The molecule has 0 radical (unpaired) electrons. The van der Waals surface area contributed by atoms with Crippen LogP contribution in [-0.2, 0) is 0 Å². The number of hydrogen-bond donors (Lipinski definition) is 2. The predicted molar refractivity (Wildman–Crippen MR) is 111 cm³/mol. The fourth-order valence-corrected chi connectivity index (χ4v) is 2.73. The fourth-order valence-electron chi connectivity index (χ4n) is 2.73. The second kappa shape index (κ2) is 9.77. The standard InChI is InChI=1S/C21H20F5N5O/c1-31(2)10-9-27-20-28-17(13-5-3-6-14(11-13)32-21(24,25)26)12-18(30-20)29-19-15(22)7-4-8-16(19)23/h3-8,11-12H,9-10H2,1-2H3,(H2,27,28,29,30). The van der Waals surface area contributed by atoms with Crippen molar-refractivity contribution in [2.24, 2.45) is 0 Å². The van der Waals surface area contributed by atoms with E-state index in [-0.39, 0.29) is 17.5 Å². The maximum absolute atomic E-state index is 14.1. The lowest BCUT2D eigenvalue weighted by Gasteiger charge is -2.14. The first kappa shape index (κ1) is 23.2. The maximum atomic E-state index is 14.1. The van der Waals surface area contributed by atoms with Crippen LogP contribution in [0.2, 0.25) is 0 Å². The molecule has 0 aliphatic heterocycles. The number of hydrogen-bond acceptors (Lipinski definition) is 6. The molecule has 32 heavy (non-hydrogen) atoms. The summed E-state index contributed by atoms with van der Waals surface area (Å²) in [5, 5.41) is 5.57. The topological polar surface area (TPSA) is 62.3 Å². The molecule has 1 aromatic heterocycles. The average Bonchev–Trinajstić information content (AvgIpc) is 2.69. The SMILES string of the molecule is CN(C)CCNc1nc(Nc2c(F)cccc2F)cc(-c2cccc(OC(F)(F)F)c2)n1. The van der Waals surface area contributed by atoms with Crippen LogP contribution in [0.15, 0.2) is 48.5 Å². The van der Waals surface area contributed by atoms with Crippen LogP contribution in [0.4, 0.5) is 39.4 Å². The first-order valence-corrected chi connectivity index (χ1v) is 9.45. The van der Waals surface area contributed by atoms with Crippen molar-refractivity contribution in [1.29, 1.82) is 0 Å². The maximum Gasteiger partial charge on any atom is 0.573 e. The minimum atomic E-state index is -4.85. The van der Waals surface area contributed by atoms with Crippen molar-refractivity contribution < 1.29 is 26.7 Å². The number of halogens is 5. The molecule has 3 rings (SSSR count). The lowest BCUT2D eigenvalue weighted by molar-refractivity contribution is -0.274. The summed E-state index contributed by atoms with van der Waals surface area (Å²) < 4.78 is 69.9. The van der Waals surface area contributed by atoms with E-state index in [0.717, 1.165) is 24.3 Å². The van der Waals surface area contributed by atoms with E-state index in [1.165, 1.54) is 24.3 Å². The first-order valence-electron chi connectivity index (χ1n) is 9.45. The Kier molecular flexibility index (Phi) is 7.08. The Balaban J connectivity index is 1.98. The molecule has 0 aliphatic carbocycles. The van der Waals surface area contributed by atoms with Crippen molar-refractivity contribution in [2.45, 2.75) is 6.36 Å². The van der Waals surface area contributed by atoms with Gasteiger partial charge in [0.25, 0.3) is 0 Å². The molecule has 0 fully saturated rings. The molecule has 3 aromatic rings. The molecular formula is C21H20F5N5O. The van der Waals surface area contributed by atoms with E-state index in [1.54, 1.807) is 0 Å². The molecule has 0 bridgehead atoms. The van der Waals surface area contributed by atoms with E-state index in [1.807, 2.05) is 19.0 Å². The zero-order valence-electron chi connectivity index (χ0n) is 17.2. The van der Waals surface area contributed by atoms with Crippen molar-refractivity contribution in [1.82, 2.24) is 14.9 Å². The molecule has 0 saturated heterocycles. The Morgan fingerprint density at radius 2 is 1.66 bits per heavy atom. The number of rotatable bonds is 8. The van der Waals surface area contributed by atoms with E-state index in [4.69, 9.17) is 0 Å². The van der Waals surface area contributed by atoms with Gasteiger partial charge >= 0.3 is 6.36 Å². The van der Waals surface area contributed by atoms with Crippen molar-refractivity contribution in [3.63, 3.8) is 0 Å². The molecule has 0 saturated carbocycles. The number of ether oxygens (including phenoxy) is 1. The van der Waals surface area contributed by atoms with Gasteiger partial charge in [0, 0.05) is 24.7 Å². The number of anilines is 3. The highest BCUT2D eigenvalue weighted by molar-refractivity contribution is 5.68. The fraction of sp³-hybridized carbons (Fsp3) is 0.238. The van der Waals surface area contributed by atoms with Gasteiger partial charge in [0.2, 0.25) is 5.95 Å². The Labute approximate surface area is 181 Å². The lowest BCUT2D eigenvalue weighted by atomic mass is 10.1. The van der Waals surface area contributed by atoms with Gasteiger partial charge in [-0.1, -0.05) is 18.2 Å². The Bertz CT molecular complexity index is 1050. The second-order valence-corrected chi connectivity index (χ2v) is 6.99. The molecular weight excluding hydrogens is 433 g/mol. The molecule has 0 unspecified atom stereocenters. The molecule has 6 nitrogen and oxygen atoms in total. The van der Waals surface area contributed by atoms with Crippen LogP contribution in [0.5, 0.6) is 5.75 Å². The van der Waals surface area contributed by atoms with E-state index in [2.05, 4.69) is 25.3 Å². The lowest BCUT2D eigenvalue weighted by Crippen LogP contribution is -2.21. The number of nitrogens with zero attached hydrogens (tertiary/aromatic N) is 3. The van der Waals surface area contributed by atoms with Crippen LogP contribution in [-0.4, -0.2) is 48.4 Å². The van der Waals surface area contributed by atoms with Gasteiger partial charge < -0.3 is 20.3 Å². The summed E-state index contributed by atoms with van der Waals surface area (Å²) in [5.41, 5.74) is 0.103. The smallest absolute Gasteiger partial charge is 0.406 e. The number of alkyl halides is 3. The van der Waals surface area contributed by atoms with Gasteiger partial charge in [-0.3, -0.25) is 0 Å². The number of benzene rings is 2. The van der Waals surface area contributed by atoms with Crippen LogP contribution < -0.4 is 15.4 Å². The largest absolute Gasteiger partial charge is 0.573 e. The van der Waals surface area contributed by atoms with E-state index in [0.29, 0.717) is 18.7 Å². The Morgan fingerprint density at radius 3 is 2.31 bits per heavy atom. The quantitative estimate of drug-likeness (QED) is 0.466. The number of nitrogens with one attached hydrogen (secondary N) is 2. The van der Waals surface area contributed by atoms with Gasteiger partial charge in [-0.2, -0.15) is 4.98 Å². The third kappa shape index (κ3) is 6.51. The van der Waals surface area contributed by atoms with E-state index >= 15 is 0 Å². The van der Waals surface area contributed by atoms with Gasteiger partial charge in [-0.15, -0.1) is 13.2 Å². The number of likely N-dealkylation sites (N-methyl/N-ethyl adjacent to an activating group) is 1. The van der Waals surface area contributed by atoms with E-state index in [9.17, 15) is 22.0 Å². The van der Waals surface area contributed by atoms with Gasteiger partial charge in [0.05, 0.1) is 5.69 Å². The van der Waals surface area contributed by atoms with Gasteiger partial charge in [0.15, 0.2) is 0 Å². The van der Waals surface area contributed by atoms with Crippen molar-refractivity contribution in [3.05, 3.63) is 60.2 Å². The van der Waals surface area contributed by atoms with Crippen LogP contribution in [0.3, 0.4) is 0 Å². The van der Waals surface area contributed by atoms with Crippen LogP contribution in [0.25, 0.3) is 11.3 Å². The monoisotopic (exact) mass is 453 g/mol. The first-order chi connectivity index (χ1) is 15.1. The van der Waals surface area contributed by atoms with Gasteiger partial charge in [-0.25, -0.2) is 13.8 Å². The van der Waals surface area contributed by atoms with Gasteiger partial charge in [-0.05, 0) is 38.4 Å². The highest BCUT2D eigenvalue weighted by atomic mass is 19.4. The molecule has 0 aliphatic rings. The summed E-state index contributed by atoms with van der Waals surface area (Å²) in [6.07, 6.45) is -4.85. The molecule has 1 heterocycles. The Hall–Kier alpha value is -3.47. The third-order valence-corrected chi connectivity index (χ3v) is 4.15. The molecule has 170 valence electrons. The van der Waals surface area contributed by atoms with E-state index < -0.39 is 29.4 Å². The van der Waals surface area contributed by atoms with Crippen molar-refractivity contribution in [2.75, 3.05) is 37.8 Å². The minimum absolute atomic E-state index is 0.0495. The second-order valence-electron chi connectivity index (χ2n) is 6.99. The summed E-state index contributed by atoms with van der Waals surface area (Å²) in [6.45, 7) is 1.11. The number of para-hydroxylation sites is 1. The summed E-state index contributed by atoms with van der Waals surface area (Å²) in [4.78, 5) is 10.5. The summed E-state index contributed by atoms with van der Waals surface area (Å²) in [7, 11) is 3.75.